The van der Waals surface area contributed by atoms with Crippen LogP contribution in [0.4, 0.5) is 17.6 Å². The molecule has 1 fully saturated rings. The first kappa shape index (κ1) is 32.3. The van der Waals surface area contributed by atoms with E-state index < -0.39 is 19.0 Å². The lowest BCUT2D eigenvalue weighted by atomic mass is 10.2. The molecule has 0 aromatic carbocycles. The van der Waals surface area contributed by atoms with Crippen LogP contribution < -0.4 is 5.48 Å². The maximum Gasteiger partial charge on any atom is 0.401 e. The van der Waals surface area contributed by atoms with E-state index in [1.807, 2.05) is 33.9 Å². The van der Waals surface area contributed by atoms with Crippen LogP contribution in [-0.4, -0.2) is 40.4 Å². The van der Waals surface area contributed by atoms with E-state index >= 15 is 0 Å². The number of rotatable bonds is 5. The Morgan fingerprint density at radius 1 is 1.09 bits per heavy atom. The fourth-order valence-corrected chi connectivity index (χ4v) is 2.84. The molecule has 9 heteroatoms. The number of nitrogens with one attached hydrogen (secondary N) is 1. The zero-order valence-corrected chi connectivity index (χ0v) is 20.3. The first-order valence-corrected chi connectivity index (χ1v) is 11.4. The molecular formula is C23H41F4N3O2. The Kier molecular flexibility index (Phi) is 18.9. The number of hydroxylamine groups is 1. The van der Waals surface area contributed by atoms with Crippen molar-refractivity contribution in [2.24, 2.45) is 0 Å². The van der Waals surface area contributed by atoms with Gasteiger partial charge >= 0.3 is 6.18 Å². The molecule has 188 valence electrons. The fraction of sp³-hybridized carbons (Fsp3) is 0.696. The molecule has 2 N–H and O–H groups in total. The molecule has 0 saturated heterocycles. The topological polar surface area (TPSA) is 57.5 Å². The summed E-state index contributed by atoms with van der Waals surface area (Å²) in [5, 5.41) is 7.26. The summed E-state index contributed by atoms with van der Waals surface area (Å²) in [5.74, 6) is 0.492. The number of carbonyl (C=O) groups is 1. The molecule has 1 unspecified atom stereocenters. The van der Waals surface area contributed by atoms with E-state index in [1.54, 1.807) is 10.6 Å². The molecule has 2 aliphatic rings. The standard InChI is InChI=1S/C12H14F4N2.C6H12.2C2H6.CH3NO2/c13-11-10-5-9(8-1-2-8)6-17(10)3-4-18(11)7-12(14,15)16;1-3-5-6-4-2;2*1-2;3-1-2-4/h5-6,8,11H,1-4,7H2;5-6H,3-4H2,1-2H3;2*1-2H3;1,4H,(H,2,3)/b;6-5-;;;. The Labute approximate surface area is 190 Å². The smallest absolute Gasteiger partial charge is 0.346 e. The number of fused-ring (bicyclic) bond motifs is 1. The Bertz CT molecular complexity index is 609. The van der Waals surface area contributed by atoms with Gasteiger partial charge < -0.3 is 4.57 Å². The quantitative estimate of drug-likeness (QED) is 0.126. The first-order valence-electron chi connectivity index (χ1n) is 11.4. The number of halogens is 4. The van der Waals surface area contributed by atoms with Crippen LogP contribution in [0.1, 0.15) is 90.7 Å². The van der Waals surface area contributed by atoms with Crippen LogP contribution >= 0.6 is 0 Å². The van der Waals surface area contributed by atoms with E-state index in [0.29, 0.717) is 18.2 Å². The molecule has 0 spiro atoms. The molecule has 1 aromatic rings. The molecule has 2 heterocycles. The molecule has 1 saturated carbocycles. The summed E-state index contributed by atoms with van der Waals surface area (Å²) in [6.07, 6.45) is 5.00. The van der Waals surface area contributed by atoms with Gasteiger partial charge in [0.2, 0.25) is 6.41 Å². The number of aromatic nitrogens is 1. The highest BCUT2D eigenvalue weighted by Gasteiger charge is 2.38. The number of amides is 1. The van der Waals surface area contributed by atoms with Crippen LogP contribution in [-0.2, 0) is 11.3 Å². The van der Waals surface area contributed by atoms with Crippen LogP contribution in [0.15, 0.2) is 24.4 Å². The summed E-state index contributed by atoms with van der Waals surface area (Å²) in [4.78, 5) is 9.67. The number of carbonyl (C=O) groups excluding carboxylic acids is 1. The normalized spacial score (nSPS) is 17.2. The summed E-state index contributed by atoms with van der Waals surface area (Å²) in [5.41, 5.74) is 2.69. The van der Waals surface area contributed by atoms with E-state index in [9.17, 15) is 17.6 Å². The molecule has 1 amide bonds. The lowest BCUT2D eigenvalue weighted by Gasteiger charge is -2.32. The summed E-state index contributed by atoms with van der Waals surface area (Å²) >= 11 is 0. The summed E-state index contributed by atoms with van der Waals surface area (Å²) < 4.78 is 52.8. The highest BCUT2D eigenvalue weighted by molar-refractivity contribution is 5.43. The van der Waals surface area contributed by atoms with Gasteiger partial charge in [-0.05, 0) is 43.2 Å². The molecule has 1 aromatic heterocycles. The number of hydrogen-bond donors (Lipinski definition) is 2. The van der Waals surface area contributed by atoms with Crippen molar-refractivity contribution in [2.75, 3.05) is 13.1 Å². The third-order valence-corrected chi connectivity index (χ3v) is 4.27. The van der Waals surface area contributed by atoms with Crippen molar-refractivity contribution >= 4 is 6.41 Å². The number of hydrogen-bond acceptors (Lipinski definition) is 3. The van der Waals surface area contributed by atoms with Crippen LogP contribution in [0, 0.1) is 0 Å². The molecular weight excluding hydrogens is 426 g/mol. The van der Waals surface area contributed by atoms with Gasteiger partial charge in [-0.3, -0.25) is 14.9 Å². The van der Waals surface area contributed by atoms with E-state index in [0.717, 1.165) is 23.3 Å². The highest BCUT2D eigenvalue weighted by atomic mass is 19.4. The second-order valence-corrected chi connectivity index (χ2v) is 6.62. The molecule has 0 bridgehead atoms. The SMILES string of the molecule is CC.CC.CC/C=C\CC.FC1c2cc(C3CC3)cn2CCN1CC(F)(F)F.O=CNO. The van der Waals surface area contributed by atoms with Gasteiger partial charge in [-0.1, -0.05) is 53.7 Å². The lowest BCUT2D eigenvalue weighted by molar-refractivity contribution is -0.162. The summed E-state index contributed by atoms with van der Waals surface area (Å²) in [6, 6.07) is 1.73. The minimum atomic E-state index is -4.35. The van der Waals surface area contributed by atoms with E-state index in [4.69, 9.17) is 10.0 Å². The van der Waals surface area contributed by atoms with Crippen molar-refractivity contribution in [1.82, 2.24) is 14.9 Å². The van der Waals surface area contributed by atoms with Gasteiger partial charge in [0.05, 0.1) is 12.2 Å². The second-order valence-electron chi connectivity index (χ2n) is 6.62. The molecule has 1 aliphatic heterocycles. The Hall–Kier alpha value is -1.87. The number of nitrogens with zero attached hydrogens (tertiary/aromatic N) is 2. The van der Waals surface area contributed by atoms with Gasteiger partial charge in [0.15, 0.2) is 6.30 Å². The van der Waals surface area contributed by atoms with Gasteiger partial charge in [0.25, 0.3) is 0 Å². The monoisotopic (exact) mass is 467 g/mol. The van der Waals surface area contributed by atoms with Crippen LogP contribution in [0.3, 0.4) is 0 Å². The van der Waals surface area contributed by atoms with Gasteiger partial charge in [-0.25, -0.2) is 9.87 Å². The van der Waals surface area contributed by atoms with Crippen molar-refractivity contribution in [3.05, 3.63) is 35.7 Å². The maximum absolute atomic E-state index is 14.1. The summed E-state index contributed by atoms with van der Waals surface area (Å²) in [7, 11) is 0. The van der Waals surface area contributed by atoms with Crippen molar-refractivity contribution in [3.8, 4) is 0 Å². The Balaban J connectivity index is 0. The number of allylic oxidation sites excluding steroid dienone is 2. The number of alkyl halides is 4. The fourth-order valence-electron chi connectivity index (χ4n) is 2.84. The van der Waals surface area contributed by atoms with Crippen LogP contribution in [0.2, 0.25) is 0 Å². The van der Waals surface area contributed by atoms with Gasteiger partial charge in [0, 0.05) is 19.3 Å². The average Bonchev–Trinajstić information content (AvgIpc) is 3.55. The zero-order valence-electron chi connectivity index (χ0n) is 20.3. The third-order valence-electron chi connectivity index (χ3n) is 4.27. The van der Waals surface area contributed by atoms with Gasteiger partial charge in [-0.15, -0.1) is 0 Å². The third kappa shape index (κ3) is 13.5. The summed E-state index contributed by atoms with van der Waals surface area (Å²) in [6.45, 7) is 11.6. The van der Waals surface area contributed by atoms with Gasteiger partial charge in [0.1, 0.15) is 0 Å². The largest absolute Gasteiger partial charge is 0.401 e. The van der Waals surface area contributed by atoms with E-state index in [-0.39, 0.29) is 13.0 Å². The molecule has 0 radical (unpaired) electrons. The molecule has 3 rings (SSSR count). The van der Waals surface area contributed by atoms with Gasteiger partial charge in [-0.2, -0.15) is 13.2 Å². The average molecular weight is 468 g/mol. The molecule has 32 heavy (non-hydrogen) atoms. The highest BCUT2D eigenvalue weighted by Crippen LogP contribution is 2.42. The minimum Gasteiger partial charge on any atom is -0.346 e. The van der Waals surface area contributed by atoms with Crippen molar-refractivity contribution in [1.29, 1.82) is 0 Å². The van der Waals surface area contributed by atoms with Crippen LogP contribution in [0.25, 0.3) is 0 Å². The zero-order chi connectivity index (χ0) is 25.2. The predicted octanol–water partition coefficient (Wildman–Crippen LogP) is 6.75. The Morgan fingerprint density at radius 3 is 1.97 bits per heavy atom. The Morgan fingerprint density at radius 2 is 1.59 bits per heavy atom. The second kappa shape index (κ2) is 18.7. The van der Waals surface area contributed by atoms with Crippen molar-refractivity contribution < 1.29 is 27.6 Å². The molecule has 1 aliphatic carbocycles. The lowest BCUT2D eigenvalue weighted by Crippen LogP contribution is -2.41. The maximum atomic E-state index is 14.1. The first-order chi connectivity index (χ1) is 15.3. The van der Waals surface area contributed by atoms with Crippen molar-refractivity contribution in [3.63, 3.8) is 0 Å². The molecule has 1 atom stereocenters. The predicted molar refractivity (Wildman–Crippen MR) is 121 cm³/mol. The van der Waals surface area contributed by atoms with Crippen LogP contribution in [0.5, 0.6) is 0 Å². The van der Waals surface area contributed by atoms with E-state index in [2.05, 4.69) is 26.0 Å². The minimum absolute atomic E-state index is 0.104. The van der Waals surface area contributed by atoms with Crippen molar-refractivity contribution in [2.45, 2.75) is 92.2 Å². The van der Waals surface area contributed by atoms with E-state index in [1.165, 1.54) is 18.3 Å². The molecule has 5 nitrogen and oxygen atoms in total.